The average molecular weight is 307 g/mol. The molecule has 0 aliphatic heterocycles. The molecule has 108 valence electrons. The summed E-state index contributed by atoms with van der Waals surface area (Å²) in [6.07, 6.45) is 0. The molecule has 19 heavy (non-hydrogen) atoms. The van der Waals surface area contributed by atoms with Gasteiger partial charge >= 0.3 is 0 Å². The predicted molar refractivity (Wildman–Crippen MR) is 75.0 cm³/mol. The van der Waals surface area contributed by atoms with Crippen molar-refractivity contribution >= 4 is 31.2 Å². The van der Waals surface area contributed by atoms with Crippen molar-refractivity contribution in [2.24, 2.45) is 5.14 Å². The molecule has 0 atom stereocenters. The van der Waals surface area contributed by atoms with Crippen molar-refractivity contribution in [2.45, 2.75) is 11.8 Å². The Morgan fingerprint density at radius 1 is 1.21 bits per heavy atom. The first-order chi connectivity index (χ1) is 8.65. The molecule has 0 aliphatic carbocycles. The number of sulfone groups is 1. The predicted octanol–water partition coefficient (Wildman–Crippen LogP) is -0.237. The van der Waals surface area contributed by atoms with Gasteiger partial charge in [0.2, 0.25) is 10.0 Å². The summed E-state index contributed by atoms with van der Waals surface area (Å²) in [5, 5.41) is 7.79. The Balaban J connectivity index is 2.85. The molecule has 0 spiro atoms. The third kappa shape index (κ3) is 4.69. The summed E-state index contributed by atoms with van der Waals surface area (Å²) in [5.74, 6) is 0.00389. The van der Waals surface area contributed by atoms with Crippen molar-refractivity contribution in [3.8, 4) is 0 Å². The fourth-order valence-corrected chi connectivity index (χ4v) is 2.59. The van der Waals surface area contributed by atoms with Gasteiger partial charge in [0.15, 0.2) is 9.84 Å². The topological polar surface area (TPSA) is 132 Å². The number of hydrogen-bond donors (Lipinski definition) is 3. The second-order valence-electron chi connectivity index (χ2n) is 3.96. The minimum atomic E-state index is -3.81. The Labute approximate surface area is 113 Å². The van der Waals surface area contributed by atoms with Gasteiger partial charge in [-0.3, -0.25) is 0 Å². The Bertz CT molecular complexity index is 653. The number of benzene rings is 1. The van der Waals surface area contributed by atoms with Crippen LogP contribution in [0.4, 0.5) is 11.4 Å². The van der Waals surface area contributed by atoms with Crippen LogP contribution in [0.15, 0.2) is 23.1 Å². The van der Waals surface area contributed by atoms with Gasteiger partial charge in [-0.15, -0.1) is 0 Å². The fraction of sp³-hybridized carbons (Fsp3) is 0.400. The summed E-state index contributed by atoms with van der Waals surface area (Å²) in [6.45, 7) is 1.71. The number of nitrogens with one attached hydrogen (secondary N) is 1. The van der Waals surface area contributed by atoms with E-state index in [9.17, 15) is 16.8 Å². The van der Waals surface area contributed by atoms with Gasteiger partial charge in [-0.05, 0) is 18.2 Å². The third-order valence-corrected chi connectivity index (χ3v) is 5.14. The summed E-state index contributed by atoms with van der Waals surface area (Å²) >= 11 is 0. The van der Waals surface area contributed by atoms with Crippen LogP contribution in [0.5, 0.6) is 0 Å². The van der Waals surface area contributed by atoms with Crippen LogP contribution in [-0.2, 0) is 19.9 Å². The molecule has 7 nitrogen and oxygen atoms in total. The maximum Gasteiger partial charge on any atom is 0.238 e. The van der Waals surface area contributed by atoms with Crippen LogP contribution in [0.25, 0.3) is 0 Å². The molecule has 0 aliphatic rings. The highest BCUT2D eigenvalue weighted by atomic mass is 32.2. The second kappa shape index (κ2) is 5.76. The number of nitrogens with two attached hydrogens (primary N) is 2. The molecule has 5 N–H and O–H groups in total. The molecule has 1 rings (SSSR count). The van der Waals surface area contributed by atoms with Gasteiger partial charge in [-0.1, -0.05) is 6.92 Å². The van der Waals surface area contributed by atoms with Gasteiger partial charge in [0.25, 0.3) is 0 Å². The van der Waals surface area contributed by atoms with E-state index in [4.69, 9.17) is 10.9 Å². The number of hydrogen-bond acceptors (Lipinski definition) is 6. The lowest BCUT2D eigenvalue weighted by molar-refractivity contribution is 0.595. The van der Waals surface area contributed by atoms with Crippen LogP contribution in [0.1, 0.15) is 6.92 Å². The quantitative estimate of drug-likeness (QED) is 0.621. The standard InChI is InChI=1S/C10H17N3O4S2/c1-2-18(14,15)6-5-13-10-7-8(19(12,16)17)3-4-9(10)11/h3-4,7,13H,2,5-6,11H2,1H3,(H2,12,16,17). The molecule has 1 aromatic rings. The Morgan fingerprint density at radius 2 is 1.84 bits per heavy atom. The minimum Gasteiger partial charge on any atom is -0.397 e. The largest absolute Gasteiger partial charge is 0.397 e. The molecule has 0 fully saturated rings. The lowest BCUT2D eigenvalue weighted by Crippen LogP contribution is -2.18. The highest BCUT2D eigenvalue weighted by Crippen LogP contribution is 2.21. The Hall–Kier alpha value is -1.32. The number of nitrogen functional groups attached to an aromatic ring is 1. The monoisotopic (exact) mass is 307 g/mol. The van der Waals surface area contributed by atoms with Crippen LogP contribution >= 0.6 is 0 Å². The first kappa shape index (κ1) is 15.7. The lowest BCUT2D eigenvalue weighted by atomic mass is 10.2. The second-order valence-corrected chi connectivity index (χ2v) is 7.99. The normalized spacial score (nSPS) is 12.3. The van der Waals surface area contributed by atoms with Crippen molar-refractivity contribution < 1.29 is 16.8 Å². The van der Waals surface area contributed by atoms with E-state index in [2.05, 4.69) is 5.32 Å². The summed E-state index contributed by atoms with van der Waals surface area (Å²) in [7, 11) is -6.90. The molecule has 0 unspecified atom stereocenters. The van der Waals surface area contributed by atoms with Crippen molar-refractivity contribution in [1.29, 1.82) is 0 Å². The zero-order chi connectivity index (χ0) is 14.7. The first-order valence-corrected chi connectivity index (χ1v) is 8.89. The molecule has 0 saturated heterocycles. The average Bonchev–Trinajstić information content (AvgIpc) is 2.30. The van der Waals surface area contributed by atoms with E-state index >= 15 is 0 Å². The Kier molecular flexibility index (Phi) is 4.77. The molecule has 0 aromatic heterocycles. The van der Waals surface area contributed by atoms with Crippen molar-refractivity contribution in [1.82, 2.24) is 0 Å². The van der Waals surface area contributed by atoms with E-state index in [-0.39, 0.29) is 22.9 Å². The van der Waals surface area contributed by atoms with Gasteiger partial charge in [0, 0.05) is 12.3 Å². The highest BCUT2D eigenvalue weighted by molar-refractivity contribution is 7.91. The molecule has 0 bridgehead atoms. The number of primary sulfonamides is 1. The maximum absolute atomic E-state index is 11.3. The van der Waals surface area contributed by atoms with Gasteiger partial charge in [0.05, 0.1) is 22.0 Å². The smallest absolute Gasteiger partial charge is 0.238 e. The van der Waals surface area contributed by atoms with Gasteiger partial charge in [-0.2, -0.15) is 0 Å². The minimum absolute atomic E-state index is 0.0530. The van der Waals surface area contributed by atoms with E-state index in [1.54, 1.807) is 6.92 Å². The summed E-state index contributed by atoms with van der Waals surface area (Å²) < 4.78 is 45.0. The SMILES string of the molecule is CCS(=O)(=O)CCNc1cc(S(N)(=O)=O)ccc1N. The van der Waals surface area contributed by atoms with E-state index < -0.39 is 19.9 Å². The molecule has 0 amide bonds. The molecular formula is C10H17N3O4S2. The lowest BCUT2D eigenvalue weighted by Gasteiger charge is -2.10. The summed E-state index contributed by atoms with van der Waals surface area (Å²) in [4.78, 5) is -0.0810. The number of sulfonamides is 1. The molecule has 9 heteroatoms. The maximum atomic E-state index is 11.3. The van der Waals surface area contributed by atoms with Crippen LogP contribution in [0.2, 0.25) is 0 Å². The van der Waals surface area contributed by atoms with Crippen molar-refractivity contribution in [3.05, 3.63) is 18.2 Å². The van der Waals surface area contributed by atoms with E-state index in [0.29, 0.717) is 11.4 Å². The molecule has 0 saturated carbocycles. The van der Waals surface area contributed by atoms with Gasteiger partial charge in [-0.25, -0.2) is 22.0 Å². The summed E-state index contributed by atoms with van der Waals surface area (Å²) in [6, 6.07) is 3.97. The van der Waals surface area contributed by atoms with E-state index in [1.165, 1.54) is 18.2 Å². The molecule has 0 heterocycles. The van der Waals surface area contributed by atoms with Crippen molar-refractivity contribution in [2.75, 3.05) is 29.1 Å². The van der Waals surface area contributed by atoms with Crippen LogP contribution in [0, 0.1) is 0 Å². The zero-order valence-corrected chi connectivity index (χ0v) is 12.1. The van der Waals surface area contributed by atoms with Gasteiger partial charge < -0.3 is 11.1 Å². The van der Waals surface area contributed by atoms with Crippen LogP contribution in [0.3, 0.4) is 0 Å². The van der Waals surface area contributed by atoms with E-state index in [0.717, 1.165) is 0 Å². The van der Waals surface area contributed by atoms with Crippen molar-refractivity contribution in [3.63, 3.8) is 0 Å². The third-order valence-electron chi connectivity index (χ3n) is 2.52. The molecule has 0 radical (unpaired) electrons. The number of anilines is 2. The zero-order valence-electron chi connectivity index (χ0n) is 10.5. The first-order valence-electron chi connectivity index (χ1n) is 5.52. The number of rotatable bonds is 6. The Morgan fingerprint density at radius 3 is 2.37 bits per heavy atom. The molecule has 1 aromatic carbocycles. The van der Waals surface area contributed by atoms with Gasteiger partial charge in [0.1, 0.15) is 0 Å². The van der Waals surface area contributed by atoms with Crippen LogP contribution in [-0.4, -0.2) is 34.9 Å². The highest BCUT2D eigenvalue weighted by Gasteiger charge is 2.11. The van der Waals surface area contributed by atoms with E-state index in [1.807, 2.05) is 0 Å². The summed E-state index contributed by atoms with van der Waals surface area (Å²) in [5.41, 5.74) is 6.33. The molecular weight excluding hydrogens is 290 g/mol. The fourth-order valence-electron chi connectivity index (χ4n) is 1.35. The van der Waals surface area contributed by atoms with Crippen LogP contribution < -0.4 is 16.2 Å².